The Morgan fingerprint density at radius 2 is 1.91 bits per heavy atom. The summed E-state index contributed by atoms with van der Waals surface area (Å²) in [4.78, 5) is 10.5. The van der Waals surface area contributed by atoms with Gasteiger partial charge in [0.25, 0.3) is 0 Å². The molecule has 1 aromatic carbocycles. The van der Waals surface area contributed by atoms with Crippen molar-refractivity contribution < 1.29 is 12.6 Å². The lowest BCUT2D eigenvalue weighted by atomic mass is 10.3. The summed E-state index contributed by atoms with van der Waals surface area (Å²) < 4.78 is 8.96. The number of carbonyl (C=O) groups is 1. The van der Waals surface area contributed by atoms with E-state index in [9.17, 15) is 4.79 Å². The van der Waals surface area contributed by atoms with Gasteiger partial charge < -0.3 is 7.80 Å². The number of halogens is 1. The highest BCUT2D eigenvalue weighted by molar-refractivity contribution is 14.1. The molecule has 0 aliphatic heterocycles. The second-order valence-corrected chi connectivity index (χ2v) is 2.18. The van der Waals surface area contributed by atoms with Crippen LogP contribution in [0, 0.1) is 0 Å². The number of para-hydroxylation sites is 1. The van der Waals surface area contributed by atoms with Gasteiger partial charge in [0.15, 0.2) is 23.0 Å². The fourth-order valence-electron chi connectivity index (χ4n) is 0.601. The number of ether oxygens (including phenoxy) is 1. The fraction of sp³-hybridized carbons (Fsp3) is 0. The number of benzene rings is 1. The van der Waals surface area contributed by atoms with Gasteiger partial charge in [0.1, 0.15) is 5.75 Å². The molecule has 0 saturated heterocycles. The minimum absolute atomic E-state index is 0.481. The van der Waals surface area contributed by atoms with Gasteiger partial charge >= 0.3 is 6.16 Å². The second-order valence-electron chi connectivity index (χ2n) is 1.74. The zero-order chi connectivity index (χ0) is 8.10. The van der Waals surface area contributed by atoms with Crippen LogP contribution in [0.2, 0.25) is 0 Å². The molecular formula is C7H5IO3. The molecule has 1 rings (SSSR count). The molecule has 0 fully saturated rings. The van der Waals surface area contributed by atoms with Crippen LogP contribution < -0.4 is 4.74 Å². The molecule has 0 radical (unpaired) electrons. The quantitative estimate of drug-likeness (QED) is 0.444. The number of hydrogen-bond donors (Lipinski definition) is 0. The SMILES string of the molecule is O=C(OI)Oc1ccccc1. The third kappa shape index (κ3) is 2.75. The Hall–Kier alpha value is -0.780. The summed E-state index contributed by atoms with van der Waals surface area (Å²) >= 11 is 1.47. The van der Waals surface area contributed by atoms with E-state index in [4.69, 9.17) is 4.74 Å². The van der Waals surface area contributed by atoms with Gasteiger partial charge in [-0.3, -0.25) is 0 Å². The first-order valence-electron chi connectivity index (χ1n) is 2.88. The average Bonchev–Trinajstić information content (AvgIpc) is 2.06. The fourth-order valence-corrected chi connectivity index (χ4v) is 0.690. The monoisotopic (exact) mass is 264 g/mol. The van der Waals surface area contributed by atoms with E-state index >= 15 is 0 Å². The molecule has 0 atom stereocenters. The van der Waals surface area contributed by atoms with Crippen LogP contribution in [0.3, 0.4) is 0 Å². The van der Waals surface area contributed by atoms with E-state index in [1.54, 1.807) is 24.3 Å². The van der Waals surface area contributed by atoms with E-state index in [1.807, 2.05) is 6.07 Å². The molecule has 1 aromatic rings. The van der Waals surface area contributed by atoms with E-state index in [2.05, 4.69) is 3.07 Å². The van der Waals surface area contributed by atoms with Crippen LogP contribution in [0.5, 0.6) is 5.75 Å². The highest BCUT2D eigenvalue weighted by atomic mass is 127. The van der Waals surface area contributed by atoms with Crippen molar-refractivity contribution in [2.45, 2.75) is 0 Å². The van der Waals surface area contributed by atoms with Gasteiger partial charge in [0.2, 0.25) is 0 Å². The molecule has 3 nitrogen and oxygen atoms in total. The molecule has 0 amide bonds. The van der Waals surface area contributed by atoms with Gasteiger partial charge in [-0.15, -0.1) is 0 Å². The van der Waals surface area contributed by atoms with E-state index in [0.717, 1.165) is 0 Å². The van der Waals surface area contributed by atoms with E-state index in [1.165, 1.54) is 23.0 Å². The number of hydrogen-bond acceptors (Lipinski definition) is 3. The highest BCUT2D eigenvalue weighted by Gasteiger charge is 2.01. The Kier molecular flexibility index (Phi) is 3.15. The standard InChI is InChI=1S/C7H5IO3/c8-11-7(9)10-6-4-2-1-3-5-6/h1-5H. The Bertz CT molecular complexity index is 235. The third-order valence-corrected chi connectivity index (χ3v) is 1.37. The van der Waals surface area contributed by atoms with Gasteiger partial charge in [-0.05, 0) is 12.1 Å². The predicted octanol–water partition coefficient (Wildman–Crippen LogP) is 2.55. The molecule has 0 unspecified atom stereocenters. The first-order chi connectivity index (χ1) is 5.33. The van der Waals surface area contributed by atoms with Crippen LogP contribution in [0.1, 0.15) is 0 Å². The molecular weight excluding hydrogens is 259 g/mol. The Morgan fingerprint density at radius 1 is 1.27 bits per heavy atom. The van der Waals surface area contributed by atoms with Crippen LogP contribution in [-0.2, 0) is 3.07 Å². The summed E-state index contributed by atoms with van der Waals surface area (Å²) in [6.45, 7) is 0. The first kappa shape index (κ1) is 8.32. The minimum Gasteiger partial charge on any atom is -0.394 e. The smallest absolute Gasteiger partial charge is 0.394 e. The second kappa shape index (κ2) is 4.17. The summed E-state index contributed by atoms with van der Waals surface area (Å²) in [5.74, 6) is 0.481. The summed E-state index contributed by atoms with van der Waals surface area (Å²) in [6, 6.07) is 8.73. The summed E-state index contributed by atoms with van der Waals surface area (Å²) in [5, 5.41) is 0. The molecule has 11 heavy (non-hydrogen) atoms. The molecule has 0 heterocycles. The molecule has 0 aromatic heterocycles. The van der Waals surface area contributed by atoms with Crippen LogP contribution in [0.15, 0.2) is 30.3 Å². The number of carbonyl (C=O) groups excluding carboxylic acids is 1. The van der Waals surface area contributed by atoms with E-state index in [0.29, 0.717) is 5.75 Å². The van der Waals surface area contributed by atoms with Crippen molar-refractivity contribution in [3.05, 3.63) is 30.3 Å². The molecule has 0 aliphatic carbocycles. The van der Waals surface area contributed by atoms with Crippen molar-refractivity contribution >= 4 is 29.2 Å². The van der Waals surface area contributed by atoms with Crippen molar-refractivity contribution in [3.63, 3.8) is 0 Å². The van der Waals surface area contributed by atoms with Crippen LogP contribution in [-0.4, -0.2) is 6.16 Å². The summed E-state index contributed by atoms with van der Waals surface area (Å²) in [7, 11) is 0. The molecule has 0 aliphatic rings. The maximum Gasteiger partial charge on any atom is 0.523 e. The first-order valence-corrected chi connectivity index (χ1v) is 3.76. The maximum atomic E-state index is 10.5. The van der Waals surface area contributed by atoms with Gasteiger partial charge in [-0.2, -0.15) is 0 Å². The highest BCUT2D eigenvalue weighted by Crippen LogP contribution is 2.09. The van der Waals surface area contributed by atoms with Gasteiger partial charge in [0.05, 0.1) is 0 Å². The van der Waals surface area contributed by atoms with Crippen LogP contribution >= 0.6 is 23.0 Å². The maximum absolute atomic E-state index is 10.5. The molecule has 0 bridgehead atoms. The number of rotatable bonds is 1. The van der Waals surface area contributed by atoms with Crippen LogP contribution in [0.25, 0.3) is 0 Å². The lowest BCUT2D eigenvalue weighted by Crippen LogP contribution is -2.03. The average molecular weight is 264 g/mol. The molecule has 0 spiro atoms. The van der Waals surface area contributed by atoms with E-state index in [-0.39, 0.29) is 0 Å². The molecule has 58 valence electrons. The largest absolute Gasteiger partial charge is 0.523 e. The van der Waals surface area contributed by atoms with Crippen molar-refractivity contribution in [1.29, 1.82) is 0 Å². The molecule has 0 N–H and O–H groups in total. The Morgan fingerprint density at radius 3 is 2.45 bits per heavy atom. The zero-order valence-corrected chi connectivity index (χ0v) is 7.65. The third-order valence-electron chi connectivity index (χ3n) is 1.01. The summed E-state index contributed by atoms with van der Waals surface area (Å²) in [6.07, 6.45) is -0.711. The minimum atomic E-state index is -0.711. The Balaban J connectivity index is 2.58. The lowest BCUT2D eigenvalue weighted by Gasteiger charge is -1.98. The summed E-state index contributed by atoms with van der Waals surface area (Å²) in [5.41, 5.74) is 0. The van der Waals surface area contributed by atoms with Crippen LogP contribution in [0.4, 0.5) is 4.79 Å². The van der Waals surface area contributed by atoms with Gasteiger partial charge in [-0.1, -0.05) is 18.2 Å². The molecule has 4 heteroatoms. The van der Waals surface area contributed by atoms with Crippen molar-refractivity contribution in [2.24, 2.45) is 0 Å². The normalized spacial score (nSPS) is 8.82. The predicted molar refractivity (Wildman–Crippen MR) is 47.6 cm³/mol. The van der Waals surface area contributed by atoms with Crippen molar-refractivity contribution in [1.82, 2.24) is 0 Å². The van der Waals surface area contributed by atoms with Crippen molar-refractivity contribution in [2.75, 3.05) is 0 Å². The topological polar surface area (TPSA) is 35.5 Å². The molecule has 0 saturated carbocycles. The van der Waals surface area contributed by atoms with Gasteiger partial charge in [0, 0.05) is 0 Å². The van der Waals surface area contributed by atoms with Gasteiger partial charge in [-0.25, -0.2) is 4.79 Å². The Labute approximate surface area is 78.0 Å². The lowest BCUT2D eigenvalue weighted by molar-refractivity contribution is 0.167. The zero-order valence-electron chi connectivity index (χ0n) is 5.49. The van der Waals surface area contributed by atoms with E-state index < -0.39 is 6.16 Å². The van der Waals surface area contributed by atoms with Crippen molar-refractivity contribution in [3.8, 4) is 5.75 Å².